The predicted molar refractivity (Wildman–Crippen MR) is 58.7 cm³/mol. The normalized spacial score (nSPS) is 22.1. The lowest BCUT2D eigenvalue weighted by Crippen LogP contribution is -2.36. The van der Waals surface area contributed by atoms with Crippen LogP contribution in [0.4, 0.5) is 0 Å². The van der Waals surface area contributed by atoms with Crippen LogP contribution in [0.15, 0.2) is 6.20 Å². The van der Waals surface area contributed by atoms with Crippen molar-refractivity contribution in [2.45, 2.75) is 25.7 Å². The van der Waals surface area contributed by atoms with Crippen molar-refractivity contribution in [1.82, 2.24) is 15.0 Å². The van der Waals surface area contributed by atoms with E-state index in [1.54, 1.807) is 0 Å². The SMILES string of the molecule is COC(=O)c1cn(CC2OCC3(CC3)CO2)nn1. The molecule has 18 heavy (non-hydrogen) atoms. The van der Waals surface area contributed by atoms with E-state index in [-0.39, 0.29) is 17.4 Å². The second kappa shape index (κ2) is 4.33. The quantitative estimate of drug-likeness (QED) is 0.717. The minimum atomic E-state index is -0.497. The van der Waals surface area contributed by atoms with Crippen LogP contribution in [0, 0.1) is 5.41 Å². The Morgan fingerprint density at radius 3 is 2.89 bits per heavy atom. The average Bonchev–Trinajstić information content (AvgIpc) is 2.98. The molecule has 1 aliphatic carbocycles. The van der Waals surface area contributed by atoms with E-state index in [0.29, 0.717) is 6.54 Å². The Labute approximate surface area is 104 Å². The van der Waals surface area contributed by atoms with Gasteiger partial charge in [0.2, 0.25) is 0 Å². The van der Waals surface area contributed by atoms with Crippen LogP contribution in [-0.2, 0) is 20.8 Å². The number of carbonyl (C=O) groups excluding carboxylic acids is 1. The van der Waals surface area contributed by atoms with Gasteiger partial charge in [-0.3, -0.25) is 0 Å². The summed E-state index contributed by atoms with van der Waals surface area (Å²) < 4.78 is 17.3. The van der Waals surface area contributed by atoms with Crippen LogP contribution in [0.2, 0.25) is 0 Å². The Kier molecular flexibility index (Phi) is 2.79. The summed E-state index contributed by atoms with van der Waals surface area (Å²) in [6, 6.07) is 0. The highest BCUT2D eigenvalue weighted by atomic mass is 16.7. The van der Waals surface area contributed by atoms with Gasteiger partial charge in [-0.2, -0.15) is 0 Å². The number of methoxy groups -OCH3 is 1. The molecule has 1 aliphatic heterocycles. The van der Waals surface area contributed by atoms with Crippen molar-refractivity contribution < 1.29 is 19.0 Å². The Morgan fingerprint density at radius 1 is 1.56 bits per heavy atom. The highest BCUT2D eigenvalue weighted by Gasteiger charge is 2.46. The molecule has 2 heterocycles. The molecule has 0 unspecified atom stereocenters. The molecule has 0 N–H and O–H groups in total. The first-order valence-electron chi connectivity index (χ1n) is 5.92. The first-order chi connectivity index (χ1) is 8.71. The zero-order valence-corrected chi connectivity index (χ0v) is 10.2. The minimum absolute atomic E-state index is 0.187. The molecule has 2 aliphatic rings. The maximum absolute atomic E-state index is 11.2. The second-order valence-corrected chi connectivity index (χ2v) is 4.87. The van der Waals surface area contributed by atoms with E-state index in [2.05, 4.69) is 15.0 Å². The van der Waals surface area contributed by atoms with Crippen molar-refractivity contribution in [3.8, 4) is 0 Å². The molecule has 0 atom stereocenters. The monoisotopic (exact) mass is 253 g/mol. The lowest BCUT2D eigenvalue weighted by molar-refractivity contribution is -0.213. The van der Waals surface area contributed by atoms with Crippen LogP contribution in [0.3, 0.4) is 0 Å². The third-order valence-electron chi connectivity index (χ3n) is 3.38. The number of aromatic nitrogens is 3. The third kappa shape index (κ3) is 2.23. The molecule has 0 aromatic carbocycles. The van der Waals surface area contributed by atoms with E-state index in [4.69, 9.17) is 9.47 Å². The van der Waals surface area contributed by atoms with Gasteiger partial charge >= 0.3 is 5.97 Å². The van der Waals surface area contributed by atoms with Crippen molar-refractivity contribution in [2.24, 2.45) is 5.41 Å². The number of hydrogen-bond donors (Lipinski definition) is 0. The summed E-state index contributed by atoms with van der Waals surface area (Å²) in [4.78, 5) is 11.2. The van der Waals surface area contributed by atoms with Crippen LogP contribution < -0.4 is 0 Å². The molecule has 1 saturated heterocycles. The van der Waals surface area contributed by atoms with Gasteiger partial charge in [0.1, 0.15) is 0 Å². The van der Waals surface area contributed by atoms with Crippen molar-refractivity contribution in [3.63, 3.8) is 0 Å². The fourth-order valence-electron chi connectivity index (χ4n) is 1.94. The summed E-state index contributed by atoms with van der Waals surface area (Å²) in [6.07, 6.45) is 3.59. The Balaban J connectivity index is 1.56. The van der Waals surface area contributed by atoms with Gasteiger partial charge in [-0.15, -0.1) is 5.10 Å². The summed E-state index contributed by atoms with van der Waals surface area (Å²) in [7, 11) is 1.31. The van der Waals surface area contributed by atoms with Gasteiger partial charge in [0, 0.05) is 5.41 Å². The lowest BCUT2D eigenvalue weighted by atomic mass is 10.1. The highest BCUT2D eigenvalue weighted by Crippen LogP contribution is 2.48. The van der Waals surface area contributed by atoms with E-state index in [1.165, 1.54) is 30.8 Å². The van der Waals surface area contributed by atoms with E-state index >= 15 is 0 Å². The van der Waals surface area contributed by atoms with Crippen molar-refractivity contribution in [1.29, 1.82) is 0 Å². The molecule has 3 rings (SSSR count). The fourth-order valence-corrected chi connectivity index (χ4v) is 1.94. The van der Waals surface area contributed by atoms with Crippen LogP contribution in [0.1, 0.15) is 23.3 Å². The molecular formula is C11H15N3O4. The Bertz CT molecular complexity index is 445. The number of esters is 1. The van der Waals surface area contributed by atoms with E-state index in [9.17, 15) is 4.79 Å². The second-order valence-electron chi connectivity index (χ2n) is 4.87. The third-order valence-corrected chi connectivity index (χ3v) is 3.38. The molecule has 0 radical (unpaired) electrons. The first-order valence-corrected chi connectivity index (χ1v) is 5.92. The maximum Gasteiger partial charge on any atom is 0.360 e. The largest absolute Gasteiger partial charge is 0.464 e. The molecule has 1 aromatic heterocycles. The predicted octanol–water partition coefficient (Wildman–Crippen LogP) is 0.218. The van der Waals surface area contributed by atoms with Crippen LogP contribution >= 0.6 is 0 Å². The molecule has 1 aromatic rings. The molecule has 7 nitrogen and oxygen atoms in total. The minimum Gasteiger partial charge on any atom is -0.464 e. The van der Waals surface area contributed by atoms with Gasteiger partial charge in [0.15, 0.2) is 12.0 Å². The van der Waals surface area contributed by atoms with E-state index < -0.39 is 5.97 Å². The summed E-state index contributed by atoms with van der Waals surface area (Å²) in [5, 5.41) is 7.56. The smallest absolute Gasteiger partial charge is 0.360 e. The van der Waals surface area contributed by atoms with Crippen LogP contribution in [0.25, 0.3) is 0 Å². The molecule has 0 amide bonds. The van der Waals surface area contributed by atoms with Gasteiger partial charge < -0.3 is 14.2 Å². The summed E-state index contributed by atoms with van der Waals surface area (Å²) in [6.45, 7) is 1.92. The van der Waals surface area contributed by atoms with Crippen molar-refractivity contribution >= 4 is 5.97 Å². The molecule has 1 spiro atoms. The topological polar surface area (TPSA) is 75.5 Å². The van der Waals surface area contributed by atoms with Crippen molar-refractivity contribution in [2.75, 3.05) is 20.3 Å². The Morgan fingerprint density at radius 2 is 2.28 bits per heavy atom. The zero-order chi connectivity index (χ0) is 12.6. The van der Waals surface area contributed by atoms with Gasteiger partial charge in [-0.1, -0.05) is 5.21 Å². The van der Waals surface area contributed by atoms with Gasteiger partial charge in [-0.25, -0.2) is 9.48 Å². The zero-order valence-electron chi connectivity index (χ0n) is 10.2. The number of rotatable bonds is 3. The van der Waals surface area contributed by atoms with Gasteiger partial charge in [-0.05, 0) is 12.8 Å². The summed E-state index contributed by atoms with van der Waals surface area (Å²) >= 11 is 0. The molecule has 7 heteroatoms. The molecule has 0 bridgehead atoms. The number of nitrogens with zero attached hydrogens (tertiary/aromatic N) is 3. The fraction of sp³-hybridized carbons (Fsp3) is 0.727. The van der Waals surface area contributed by atoms with Crippen molar-refractivity contribution in [3.05, 3.63) is 11.9 Å². The van der Waals surface area contributed by atoms with Gasteiger partial charge in [0.25, 0.3) is 0 Å². The summed E-state index contributed by atoms with van der Waals surface area (Å²) in [5.41, 5.74) is 0.475. The van der Waals surface area contributed by atoms with E-state index in [0.717, 1.165) is 13.2 Å². The lowest BCUT2D eigenvalue weighted by Gasteiger charge is -2.29. The first kappa shape index (κ1) is 11.6. The van der Waals surface area contributed by atoms with Gasteiger partial charge in [0.05, 0.1) is 33.1 Å². The molecule has 98 valence electrons. The summed E-state index contributed by atoms with van der Waals surface area (Å²) in [5.74, 6) is -0.497. The molecular weight excluding hydrogens is 238 g/mol. The standard InChI is InChI=1S/C11H15N3O4/c1-16-10(15)8-4-14(13-12-8)5-9-17-6-11(2-3-11)7-18-9/h4,9H,2-3,5-7H2,1H3. The Hall–Kier alpha value is -1.47. The van der Waals surface area contributed by atoms with E-state index in [1.807, 2.05) is 0 Å². The highest BCUT2D eigenvalue weighted by molar-refractivity contribution is 5.86. The molecule has 2 fully saturated rings. The van der Waals surface area contributed by atoms with Crippen LogP contribution in [-0.4, -0.2) is 47.6 Å². The number of carbonyl (C=O) groups is 1. The number of ether oxygens (including phenoxy) is 3. The average molecular weight is 253 g/mol. The molecule has 1 saturated carbocycles. The van der Waals surface area contributed by atoms with Crippen LogP contribution in [0.5, 0.6) is 0 Å². The number of hydrogen-bond acceptors (Lipinski definition) is 6. The maximum atomic E-state index is 11.2.